The van der Waals surface area contributed by atoms with Gasteiger partial charge >= 0.3 is 0 Å². The topological polar surface area (TPSA) is 75.0 Å². The molecule has 1 aromatic heterocycles. The molecule has 0 bridgehead atoms. The van der Waals surface area contributed by atoms with Gasteiger partial charge in [0, 0.05) is 30.8 Å². The lowest BCUT2D eigenvalue weighted by atomic mass is 9.74. The molecule has 0 saturated carbocycles. The van der Waals surface area contributed by atoms with Crippen molar-refractivity contribution in [3.05, 3.63) is 59.7 Å². The molecule has 7 nitrogen and oxygen atoms in total. The number of fused-ring (bicyclic) bond motifs is 1. The summed E-state index contributed by atoms with van der Waals surface area (Å²) >= 11 is 0. The van der Waals surface area contributed by atoms with Crippen LogP contribution in [0.15, 0.2) is 58.3 Å². The van der Waals surface area contributed by atoms with Gasteiger partial charge in [0.2, 0.25) is 5.91 Å². The Morgan fingerprint density at radius 1 is 1.12 bits per heavy atom. The summed E-state index contributed by atoms with van der Waals surface area (Å²) in [5.74, 6) is 0.785. The first-order valence-corrected chi connectivity index (χ1v) is 11.2. The van der Waals surface area contributed by atoms with E-state index in [9.17, 15) is 9.59 Å². The number of ketones is 1. The first-order valence-electron chi connectivity index (χ1n) is 11.2. The highest BCUT2D eigenvalue weighted by molar-refractivity contribution is 6.01. The summed E-state index contributed by atoms with van der Waals surface area (Å²) in [5.41, 5.74) is 3.26. The summed E-state index contributed by atoms with van der Waals surface area (Å²) in [6.07, 6.45) is 2.84. The summed E-state index contributed by atoms with van der Waals surface area (Å²) in [5, 5.41) is 3.55. The number of para-hydroxylation sites is 2. The van der Waals surface area contributed by atoms with E-state index >= 15 is 0 Å². The molecule has 2 aromatic rings. The van der Waals surface area contributed by atoms with Gasteiger partial charge in [0.15, 0.2) is 5.78 Å². The monoisotopic (exact) mass is 435 g/mol. The largest absolute Gasteiger partial charge is 0.467 e. The maximum atomic E-state index is 13.5. The fourth-order valence-corrected chi connectivity index (χ4v) is 5.03. The summed E-state index contributed by atoms with van der Waals surface area (Å²) in [6.45, 7) is 6.65. The van der Waals surface area contributed by atoms with E-state index in [0.717, 1.165) is 23.5 Å². The minimum atomic E-state index is -0.468. The highest BCUT2D eigenvalue weighted by Crippen LogP contribution is 2.48. The zero-order valence-electron chi connectivity index (χ0n) is 18.6. The number of morpholine rings is 1. The molecule has 7 heteroatoms. The van der Waals surface area contributed by atoms with E-state index in [1.165, 1.54) is 0 Å². The van der Waals surface area contributed by atoms with Crippen LogP contribution in [0.2, 0.25) is 0 Å². The minimum Gasteiger partial charge on any atom is -0.467 e. The molecule has 0 spiro atoms. The number of hydrogen-bond acceptors (Lipinski definition) is 6. The molecule has 168 valence electrons. The van der Waals surface area contributed by atoms with Crippen LogP contribution in [-0.4, -0.2) is 49.4 Å². The van der Waals surface area contributed by atoms with Crippen LogP contribution >= 0.6 is 0 Å². The number of benzene rings is 1. The van der Waals surface area contributed by atoms with Gasteiger partial charge < -0.3 is 24.3 Å². The predicted molar refractivity (Wildman–Crippen MR) is 121 cm³/mol. The molecule has 1 saturated heterocycles. The zero-order valence-corrected chi connectivity index (χ0v) is 18.6. The molecule has 0 radical (unpaired) electrons. The molecule has 1 aromatic carbocycles. The van der Waals surface area contributed by atoms with Crippen molar-refractivity contribution >= 4 is 23.1 Å². The number of carbonyl (C=O) groups excluding carboxylic acids is 2. The van der Waals surface area contributed by atoms with E-state index in [-0.39, 0.29) is 23.7 Å². The first-order chi connectivity index (χ1) is 15.4. The normalized spacial score (nSPS) is 22.7. The Morgan fingerprint density at radius 2 is 1.91 bits per heavy atom. The smallest absolute Gasteiger partial charge is 0.242 e. The van der Waals surface area contributed by atoms with E-state index in [2.05, 4.69) is 19.2 Å². The molecule has 1 amide bonds. The number of furan rings is 1. The standard InChI is InChI=1S/C25H29N3O4/c1-25(2)14-18-23(20(29)15-25)24(21-8-5-11-32-21)28(19-7-4-3-6-17(19)26-18)16-22(30)27-9-12-31-13-10-27/h3-8,11,24,26H,9-10,12-16H2,1-2H3. The van der Waals surface area contributed by atoms with Gasteiger partial charge in [-0.1, -0.05) is 26.0 Å². The highest BCUT2D eigenvalue weighted by atomic mass is 16.5. The van der Waals surface area contributed by atoms with Crippen LogP contribution in [0, 0.1) is 5.41 Å². The molecule has 32 heavy (non-hydrogen) atoms. The highest BCUT2D eigenvalue weighted by Gasteiger charge is 2.43. The summed E-state index contributed by atoms with van der Waals surface area (Å²) in [6, 6.07) is 11.2. The quantitative estimate of drug-likeness (QED) is 0.791. The SMILES string of the molecule is CC1(C)CC(=O)C2=C(C1)Nc1ccccc1N(CC(=O)N1CCOCC1)C2c1ccco1. The van der Waals surface area contributed by atoms with Gasteiger partial charge in [-0.2, -0.15) is 0 Å². The second-order valence-corrected chi connectivity index (χ2v) is 9.51. The number of nitrogens with zero attached hydrogens (tertiary/aromatic N) is 2. The van der Waals surface area contributed by atoms with Crippen molar-refractivity contribution in [3.8, 4) is 0 Å². The predicted octanol–water partition coefficient (Wildman–Crippen LogP) is 3.75. The lowest BCUT2D eigenvalue weighted by molar-refractivity contribution is -0.133. The maximum Gasteiger partial charge on any atom is 0.242 e. The van der Waals surface area contributed by atoms with Gasteiger partial charge in [-0.25, -0.2) is 0 Å². The Balaban J connectivity index is 1.63. The average Bonchev–Trinajstić information content (AvgIpc) is 3.25. The Hall–Kier alpha value is -3.06. The number of anilines is 2. The van der Waals surface area contributed by atoms with Gasteiger partial charge in [-0.3, -0.25) is 9.59 Å². The van der Waals surface area contributed by atoms with Crippen LogP contribution < -0.4 is 10.2 Å². The average molecular weight is 436 g/mol. The van der Waals surface area contributed by atoms with Crippen LogP contribution in [0.25, 0.3) is 0 Å². The fourth-order valence-electron chi connectivity index (χ4n) is 5.03. The Kier molecular flexibility index (Phi) is 5.29. The lowest BCUT2D eigenvalue weighted by Crippen LogP contribution is -2.47. The molecule has 1 atom stereocenters. The maximum absolute atomic E-state index is 13.5. The number of carbonyl (C=O) groups is 2. The summed E-state index contributed by atoms with van der Waals surface area (Å²) in [7, 11) is 0. The second-order valence-electron chi connectivity index (χ2n) is 9.51. The van der Waals surface area contributed by atoms with Gasteiger partial charge in [0.05, 0.1) is 37.4 Å². The Bertz CT molecular complexity index is 1050. The number of Topliss-reactive ketones (excluding diaryl/α,β-unsaturated/α-hetero) is 1. The van der Waals surface area contributed by atoms with Crippen LogP contribution in [0.1, 0.15) is 38.5 Å². The van der Waals surface area contributed by atoms with E-state index < -0.39 is 6.04 Å². The molecule has 3 heterocycles. The summed E-state index contributed by atoms with van der Waals surface area (Å²) in [4.78, 5) is 30.7. The third kappa shape index (κ3) is 3.81. The molecular formula is C25H29N3O4. The molecule has 1 unspecified atom stereocenters. The van der Waals surface area contributed by atoms with Crippen LogP contribution in [0.3, 0.4) is 0 Å². The van der Waals surface area contributed by atoms with Crippen molar-refractivity contribution in [1.29, 1.82) is 0 Å². The molecule has 1 aliphatic carbocycles. The van der Waals surface area contributed by atoms with Gasteiger partial charge in [-0.05, 0) is 36.1 Å². The third-order valence-corrected chi connectivity index (χ3v) is 6.49. The number of rotatable bonds is 3. The lowest BCUT2D eigenvalue weighted by Gasteiger charge is -2.37. The molecule has 1 N–H and O–H groups in total. The first kappa shape index (κ1) is 20.8. The number of ether oxygens (including phenoxy) is 1. The van der Waals surface area contributed by atoms with Crippen molar-refractivity contribution < 1.29 is 18.7 Å². The van der Waals surface area contributed by atoms with Gasteiger partial charge in [0.25, 0.3) is 0 Å². The molecule has 5 rings (SSSR count). The Morgan fingerprint density at radius 3 is 2.66 bits per heavy atom. The van der Waals surface area contributed by atoms with Crippen molar-refractivity contribution in [2.45, 2.75) is 32.7 Å². The van der Waals surface area contributed by atoms with Crippen molar-refractivity contribution in [2.24, 2.45) is 5.41 Å². The molecule has 1 fully saturated rings. The van der Waals surface area contributed by atoms with E-state index in [1.807, 2.05) is 46.2 Å². The van der Waals surface area contributed by atoms with E-state index in [1.54, 1.807) is 6.26 Å². The molecular weight excluding hydrogens is 406 g/mol. The van der Waals surface area contributed by atoms with Crippen molar-refractivity contribution in [3.63, 3.8) is 0 Å². The number of nitrogens with one attached hydrogen (secondary N) is 1. The van der Waals surface area contributed by atoms with Gasteiger partial charge in [0.1, 0.15) is 11.8 Å². The third-order valence-electron chi connectivity index (χ3n) is 6.49. The van der Waals surface area contributed by atoms with Gasteiger partial charge in [-0.15, -0.1) is 0 Å². The zero-order chi connectivity index (χ0) is 22.3. The second kappa shape index (κ2) is 8.13. The van der Waals surface area contributed by atoms with Crippen LogP contribution in [0.5, 0.6) is 0 Å². The van der Waals surface area contributed by atoms with Crippen molar-refractivity contribution in [1.82, 2.24) is 4.90 Å². The number of hydrogen-bond donors (Lipinski definition) is 1. The van der Waals surface area contributed by atoms with Crippen LogP contribution in [-0.2, 0) is 14.3 Å². The van der Waals surface area contributed by atoms with Crippen molar-refractivity contribution in [2.75, 3.05) is 43.1 Å². The fraction of sp³-hybridized carbons (Fsp3) is 0.440. The van der Waals surface area contributed by atoms with E-state index in [4.69, 9.17) is 9.15 Å². The Labute approximate surface area is 188 Å². The number of amides is 1. The summed E-state index contributed by atoms with van der Waals surface area (Å²) < 4.78 is 11.3. The van der Waals surface area contributed by atoms with Crippen LogP contribution in [0.4, 0.5) is 11.4 Å². The molecule has 2 aliphatic heterocycles. The molecule has 3 aliphatic rings. The minimum absolute atomic E-state index is 0.0206. The number of allylic oxidation sites excluding steroid dienone is 1. The van der Waals surface area contributed by atoms with E-state index in [0.29, 0.717) is 44.1 Å².